The van der Waals surface area contributed by atoms with Gasteiger partial charge >= 0.3 is 5.97 Å². The molecule has 0 radical (unpaired) electrons. The minimum absolute atomic E-state index is 0.253. The van der Waals surface area contributed by atoms with E-state index in [4.69, 9.17) is 0 Å². The van der Waals surface area contributed by atoms with E-state index in [2.05, 4.69) is 0 Å². The SMILES string of the molecule is O=C(O)c1ccc(Sc2ccccc2F)c2ccccc12. The normalized spacial score (nSPS) is 10.7. The van der Waals surface area contributed by atoms with Gasteiger partial charge in [-0.2, -0.15) is 0 Å². The first-order valence-corrected chi connectivity index (χ1v) is 7.16. The number of carboxylic acids is 1. The highest BCUT2D eigenvalue weighted by atomic mass is 32.2. The molecule has 0 aliphatic carbocycles. The monoisotopic (exact) mass is 298 g/mol. The summed E-state index contributed by atoms with van der Waals surface area (Å²) in [4.78, 5) is 12.6. The van der Waals surface area contributed by atoms with Gasteiger partial charge in [-0.05, 0) is 35.0 Å². The molecule has 2 nitrogen and oxygen atoms in total. The highest BCUT2D eigenvalue weighted by Crippen LogP contribution is 2.35. The largest absolute Gasteiger partial charge is 0.478 e. The Hall–Kier alpha value is -2.33. The molecule has 0 unspecified atom stereocenters. The second-order valence-corrected chi connectivity index (χ2v) is 5.58. The van der Waals surface area contributed by atoms with E-state index in [-0.39, 0.29) is 11.4 Å². The average Bonchev–Trinajstić information content (AvgIpc) is 2.49. The number of hydrogen-bond donors (Lipinski definition) is 1. The molecule has 0 aliphatic rings. The van der Waals surface area contributed by atoms with Gasteiger partial charge < -0.3 is 5.11 Å². The molecule has 3 aromatic carbocycles. The molecule has 0 heterocycles. The van der Waals surface area contributed by atoms with E-state index >= 15 is 0 Å². The van der Waals surface area contributed by atoms with Crippen molar-refractivity contribution < 1.29 is 14.3 Å². The van der Waals surface area contributed by atoms with Gasteiger partial charge in [0, 0.05) is 9.79 Å². The van der Waals surface area contributed by atoms with Gasteiger partial charge in [-0.25, -0.2) is 9.18 Å². The number of carbonyl (C=O) groups is 1. The number of halogens is 1. The Kier molecular flexibility index (Phi) is 3.62. The summed E-state index contributed by atoms with van der Waals surface area (Å²) in [7, 11) is 0. The van der Waals surface area contributed by atoms with E-state index in [0.29, 0.717) is 10.3 Å². The maximum Gasteiger partial charge on any atom is 0.336 e. The number of rotatable bonds is 3. The van der Waals surface area contributed by atoms with Crippen LogP contribution in [0.25, 0.3) is 10.8 Å². The van der Waals surface area contributed by atoms with Crippen LogP contribution in [0.4, 0.5) is 4.39 Å². The van der Waals surface area contributed by atoms with Crippen LogP contribution in [0.3, 0.4) is 0 Å². The van der Waals surface area contributed by atoms with Crippen molar-refractivity contribution in [1.29, 1.82) is 0 Å². The lowest BCUT2D eigenvalue weighted by Gasteiger charge is -2.09. The molecule has 3 rings (SSSR count). The van der Waals surface area contributed by atoms with Crippen molar-refractivity contribution >= 4 is 28.5 Å². The molecule has 0 fully saturated rings. The first-order chi connectivity index (χ1) is 10.2. The van der Waals surface area contributed by atoms with Crippen LogP contribution in [0.2, 0.25) is 0 Å². The molecule has 3 aromatic rings. The van der Waals surface area contributed by atoms with Crippen LogP contribution in [-0.2, 0) is 0 Å². The smallest absolute Gasteiger partial charge is 0.336 e. The van der Waals surface area contributed by atoms with Gasteiger partial charge in [0.25, 0.3) is 0 Å². The third-order valence-corrected chi connectivity index (χ3v) is 4.30. The molecule has 0 atom stereocenters. The fourth-order valence-corrected chi connectivity index (χ4v) is 3.17. The van der Waals surface area contributed by atoms with Crippen LogP contribution in [0.5, 0.6) is 0 Å². The Morgan fingerprint density at radius 1 is 0.857 bits per heavy atom. The first kappa shape index (κ1) is 13.6. The van der Waals surface area contributed by atoms with Crippen molar-refractivity contribution in [3.63, 3.8) is 0 Å². The third-order valence-electron chi connectivity index (χ3n) is 3.17. The molecule has 0 bridgehead atoms. The molecule has 4 heteroatoms. The van der Waals surface area contributed by atoms with Crippen molar-refractivity contribution in [3.05, 3.63) is 72.0 Å². The molecular formula is C17H11FO2S. The summed E-state index contributed by atoms with van der Waals surface area (Å²) in [6.45, 7) is 0. The van der Waals surface area contributed by atoms with Gasteiger partial charge in [-0.1, -0.05) is 48.2 Å². The maximum atomic E-state index is 13.8. The summed E-state index contributed by atoms with van der Waals surface area (Å²) >= 11 is 1.30. The van der Waals surface area contributed by atoms with E-state index in [9.17, 15) is 14.3 Å². The molecule has 0 saturated carbocycles. The number of benzene rings is 3. The molecule has 0 saturated heterocycles. The van der Waals surface area contributed by atoms with Crippen LogP contribution in [-0.4, -0.2) is 11.1 Å². The molecule has 0 aliphatic heterocycles. The van der Waals surface area contributed by atoms with Gasteiger partial charge in [-0.3, -0.25) is 0 Å². The standard InChI is InChI=1S/C17H11FO2S/c18-14-7-3-4-8-16(14)21-15-10-9-13(17(19)20)11-5-1-2-6-12(11)15/h1-10H,(H,19,20). The van der Waals surface area contributed by atoms with E-state index in [1.54, 1.807) is 42.5 Å². The Bertz CT molecular complexity index is 830. The lowest BCUT2D eigenvalue weighted by Crippen LogP contribution is -1.97. The zero-order chi connectivity index (χ0) is 14.8. The summed E-state index contributed by atoms with van der Waals surface area (Å²) in [6.07, 6.45) is 0. The predicted octanol–water partition coefficient (Wildman–Crippen LogP) is 4.83. The van der Waals surface area contributed by atoms with Crippen LogP contribution < -0.4 is 0 Å². The molecular weight excluding hydrogens is 287 g/mol. The summed E-state index contributed by atoms with van der Waals surface area (Å²) in [5.41, 5.74) is 0.253. The lowest BCUT2D eigenvalue weighted by molar-refractivity contribution is 0.0699. The van der Waals surface area contributed by atoms with Crippen LogP contribution in [0.15, 0.2) is 70.5 Å². The van der Waals surface area contributed by atoms with Crippen molar-refractivity contribution in [2.45, 2.75) is 9.79 Å². The predicted molar refractivity (Wildman–Crippen MR) is 81.4 cm³/mol. The van der Waals surface area contributed by atoms with Gasteiger partial charge in [-0.15, -0.1) is 0 Å². The number of hydrogen-bond acceptors (Lipinski definition) is 2. The molecule has 21 heavy (non-hydrogen) atoms. The molecule has 0 spiro atoms. The Labute approximate surface area is 125 Å². The van der Waals surface area contributed by atoms with Gasteiger partial charge in [0.1, 0.15) is 5.82 Å². The lowest BCUT2D eigenvalue weighted by atomic mass is 10.0. The fourth-order valence-electron chi connectivity index (χ4n) is 2.19. The zero-order valence-electron chi connectivity index (χ0n) is 10.9. The summed E-state index contributed by atoms with van der Waals surface area (Å²) in [6, 6.07) is 17.1. The van der Waals surface area contributed by atoms with Crippen LogP contribution in [0, 0.1) is 5.82 Å². The topological polar surface area (TPSA) is 37.3 Å². The van der Waals surface area contributed by atoms with Crippen molar-refractivity contribution in [2.24, 2.45) is 0 Å². The van der Waals surface area contributed by atoms with Crippen molar-refractivity contribution in [2.75, 3.05) is 0 Å². The van der Waals surface area contributed by atoms with Gasteiger partial charge in [0.15, 0.2) is 0 Å². The number of carboxylic acid groups (broad SMARTS) is 1. The second kappa shape index (κ2) is 5.58. The Morgan fingerprint density at radius 3 is 2.24 bits per heavy atom. The molecule has 0 amide bonds. The van der Waals surface area contributed by atoms with Crippen LogP contribution >= 0.6 is 11.8 Å². The average molecular weight is 298 g/mol. The highest BCUT2D eigenvalue weighted by molar-refractivity contribution is 7.99. The van der Waals surface area contributed by atoms with E-state index in [1.165, 1.54) is 17.8 Å². The van der Waals surface area contributed by atoms with E-state index in [0.717, 1.165) is 10.3 Å². The maximum absolute atomic E-state index is 13.8. The minimum Gasteiger partial charge on any atom is -0.478 e. The number of aromatic carboxylic acids is 1. The zero-order valence-corrected chi connectivity index (χ0v) is 11.7. The first-order valence-electron chi connectivity index (χ1n) is 6.34. The molecule has 1 N–H and O–H groups in total. The number of fused-ring (bicyclic) bond motifs is 1. The summed E-state index contributed by atoms with van der Waals surface area (Å²) in [5.74, 6) is -1.25. The Balaban J connectivity index is 2.14. The van der Waals surface area contributed by atoms with E-state index in [1.807, 2.05) is 12.1 Å². The molecule has 0 aromatic heterocycles. The van der Waals surface area contributed by atoms with E-state index < -0.39 is 5.97 Å². The minimum atomic E-state index is -0.964. The van der Waals surface area contributed by atoms with Gasteiger partial charge in [0.05, 0.1) is 5.56 Å². The quantitative estimate of drug-likeness (QED) is 0.752. The van der Waals surface area contributed by atoms with Crippen molar-refractivity contribution in [1.82, 2.24) is 0 Å². The molecule has 104 valence electrons. The highest BCUT2D eigenvalue weighted by Gasteiger charge is 2.12. The summed E-state index contributed by atoms with van der Waals surface area (Å²) < 4.78 is 13.8. The van der Waals surface area contributed by atoms with Crippen LogP contribution in [0.1, 0.15) is 10.4 Å². The Morgan fingerprint density at radius 2 is 1.52 bits per heavy atom. The van der Waals surface area contributed by atoms with Gasteiger partial charge in [0.2, 0.25) is 0 Å². The fraction of sp³-hybridized carbons (Fsp3) is 0. The third kappa shape index (κ3) is 2.62. The van der Waals surface area contributed by atoms with Crippen molar-refractivity contribution in [3.8, 4) is 0 Å². The second-order valence-electron chi connectivity index (χ2n) is 4.49. The summed E-state index contributed by atoms with van der Waals surface area (Å²) in [5, 5.41) is 10.7.